The number of ether oxygens (including phenoxy) is 1. The van der Waals surface area contributed by atoms with Gasteiger partial charge in [0.25, 0.3) is 0 Å². The van der Waals surface area contributed by atoms with E-state index in [-0.39, 0.29) is 43.1 Å². The van der Waals surface area contributed by atoms with Crippen LogP contribution in [0.2, 0.25) is 0 Å². The Morgan fingerprint density at radius 1 is 0.936 bits per heavy atom. The van der Waals surface area contributed by atoms with E-state index in [1.807, 2.05) is 42.5 Å². The molecule has 238 valence electrons. The third kappa shape index (κ3) is 4.55. The highest BCUT2D eigenvalue weighted by molar-refractivity contribution is 6.31. The van der Waals surface area contributed by atoms with Gasteiger partial charge in [0, 0.05) is 35.6 Å². The molecule has 9 heteroatoms. The van der Waals surface area contributed by atoms with Gasteiger partial charge in [0.2, 0.25) is 11.8 Å². The number of phenols is 1. The molecule has 3 aliphatic carbocycles. The van der Waals surface area contributed by atoms with E-state index in [9.17, 15) is 29.4 Å². The smallest absolute Gasteiger partial charge is 0.305 e. The maximum atomic E-state index is 15.0. The number of ketones is 2. The van der Waals surface area contributed by atoms with E-state index >= 15 is 4.79 Å². The molecule has 3 aromatic rings. The van der Waals surface area contributed by atoms with Crippen molar-refractivity contribution in [1.29, 1.82) is 0 Å². The van der Waals surface area contributed by atoms with Crippen LogP contribution in [0.4, 0.5) is 0 Å². The lowest BCUT2D eigenvalue weighted by Gasteiger charge is -2.55. The van der Waals surface area contributed by atoms with Crippen LogP contribution < -0.4 is 4.74 Å². The first-order chi connectivity index (χ1) is 22.7. The molecule has 1 saturated carbocycles. The summed E-state index contributed by atoms with van der Waals surface area (Å²) in [6, 6.07) is 22.9. The Bertz CT molecular complexity index is 1880. The van der Waals surface area contributed by atoms with Crippen molar-refractivity contribution in [1.82, 2.24) is 4.90 Å². The average Bonchev–Trinajstić information content (AvgIpc) is 3.33. The van der Waals surface area contributed by atoms with Crippen molar-refractivity contribution >= 4 is 34.9 Å². The third-order valence-electron chi connectivity index (χ3n) is 10.5. The molecule has 2 N–H and O–H groups in total. The summed E-state index contributed by atoms with van der Waals surface area (Å²) in [4.78, 5) is 69.9. The standard InChI is InChI=1S/C38H33NO8/c1-47-30-18-23(40)12-13-25(30)34-24-14-15-26-33(37(46)39(36(26)45)17-16-32(42)43)28(24)19-29-35(44)27(21-8-4-2-5-9-21)20-31(41)38(29,34)22-10-6-3-7-11-22/h2-14,18,20,26,28-29,33-34,40H,15-17,19H2,1H3,(H,42,43). The largest absolute Gasteiger partial charge is 0.508 e. The molecule has 0 spiro atoms. The number of hydrogen-bond acceptors (Lipinski definition) is 7. The van der Waals surface area contributed by atoms with Crippen LogP contribution in [0.25, 0.3) is 5.57 Å². The molecule has 47 heavy (non-hydrogen) atoms. The third-order valence-corrected chi connectivity index (χ3v) is 10.5. The number of methoxy groups -OCH3 is 1. The number of rotatable bonds is 7. The number of imide groups is 1. The van der Waals surface area contributed by atoms with Crippen molar-refractivity contribution in [3.8, 4) is 11.5 Å². The molecule has 4 aliphatic rings. The van der Waals surface area contributed by atoms with Crippen LogP contribution in [0, 0.1) is 23.7 Å². The minimum Gasteiger partial charge on any atom is -0.508 e. The van der Waals surface area contributed by atoms with Gasteiger partial charge in [-0.2, -0.15) is 0 Å². The van der Waals surface area contributed by atoms with Crippen LogP contribution in [-0.2, 0) is 29.4 Å². The Labute approximate surface area is 271 Å². The summed E-state index contributed by atoms with van der Waals surface area (Å²) in [5, 5.41) is 19.7. The van der Waals surface area contributed by atoms with Crippen LogP contribution in [0.15, 0.2) is 96.6 Å². The van der Waals surface area contributed by atoms with Gasteiger partial charge in [0.15, 0.2) is 11.6 Å². The van der Waals surface area contributed by atoms with E-state index in [0.717, 1.165) is 10.5 Å². The molecule has 0 aromatic heterocycles. The molecule has 0 radical (unpaired) electrons. The number of nitrogens with zero attached hydrogens (tertiary/aromatic N) is 1. The highest BCUT2D eigenvalue weighted by Crippen LogP contribution is 2.64. The van der Waals surface area contributed by atoms with Gasteiger partial charge < -0.3 is 14.9 Å². The van der Waals surface area contributed by atoms with Gasteiger partial charge in [-0.1, -0.05) is 78.4 Å². The quantitative estimate of drug-likeness (QED) is 0.283. The number of likely N-dealkylation sites (tertiary alicyclic amines) is 1. The Hall–Kier alpha value is -5.31. The fourth-order valence-corrected chi connectivity index (χ4v) is 8.65. The van der Waals surface area contributed by atoms with Crippen LogP contribution in [0.3, 0.4) is 0 Å². The second-order valence-electron chi connectivity index (χ2n) is 12.7. The number of carboxylic acid groups (broad SMARTS) is 1. The molecule has 9 nitrogen and oxygen atoms in total. The van der Waals surface area contributed by atoms with Gasteiger partial charge in [0.05, 0.1) is 30.8 Å². The van der Waals surface area contributed by atoms with Crippen molar-refractivity contribution in [2.75, 3.05) is 13.7 Å². The van der Waals surface area contributed by atoms with Crippen LogP contribution in [0.1, 0.15) is 41.9 Å². The van der Waals surface area contributed by atoms with E-state index in [1.54, 1.807) is 30.3 Å². The lowest BCUT2D eigenvalue weighted by molar-refractivity contribution is -0.142. The number of aromatic hydroxyl groups is 1. The summed E-state index contributed by atoms with van der Waals surface area (Å²) < 4.78 is 5.78. The second kappa shape index (κ2) is 11.5. The minimum atomic E-state index is -1.43. The molecular formula is C38H33NO8. The summed E-state index contributed by atoms with van der Waals surface area (Å²) in [6.45, 7) is -0.229. The minimum absolute atomic E-state index is 0.0381. The first-order valence-corrected chi connectivity index (χ1v) is 15.7. The molecule has 1 saturated heterocycles. The molecule has 3 aromatic carbocycles. The van der Waals surface area contributed by atoms with E-state index in [4.69, 9.17) is 4.74 Å². The number of carbonyl (C=O) groups is 5. The van der Waals surface area contributed by atoms with Gasteiger partial charge in [-0.25, -0.2) is 0 Å². The zero-order valence-corrected chi connectivity index (χ0v) is 25.7. The topological polar surface area (TPSA) is 138 Å². The predicted molar refractivity (Wildman–Crippen MR) is 170 cm³/mol. The number of aliphatic carboxylic acids is 1. The molecule has 2 fully saturated rings. The van der Waals surface area contributed by atoms with Gasteiger partial charge in [0.1, 0.15) is 11.5 Å². The van der Waals surface area contributed by atoms with Crippen molar-refractivity contribution in [3.63, 3.8) is 0 Å². The number of allylic oxidation sites excluding steroid dienone is 4. The first kappa shape index (κ1) is 30.3. The number of carboxylic acids is 1. The van der Waals surface area contributed by atoms with Crippen molar-refractivity contribution in [2.45, 2.75) is 30.6 Å². The number of carbonyl (C=O) groups excluding carboxylic acids is 4. The molecule has 6 unspecified atom stereocenters. The zero-order valence-electron chi connectivity index (χ0n) is 25.7. The highest BCUT2D eigenvalue weighted by Gasteiger charge is 2.66. The van der Waals surface area contributed by atoms with Crippen molar-refractivity contribution < 1.29 is 38.9 Å². The Balaban J connectivity index is 1.48. The Morgan fingerprint density at radius 3 is 2.32 bits per heavy atom. The van der Waals surface area contributed by atoms with E-state index in [1.165, 1.54) is 25.3 Å². The highest BCUT2D eigenvalue weighted by atomic mass is 16.5. The fourth-order valence-electron chi connectivity index (χ4n) is 8.65. The number of hydrogen-bond donors (Lipinski definition) is 2. The molecule has 2 amide bonds. The van der Waals surface area contributed by atoms with Crippen molar-refractivity contribution in [2.24, 2.45) is 23.7 Å². The molecular weight excluding hydrogens is 598 g/mol. The van der Waals surface area contributed by atoms with E-state index in [2.05, 4.69) is 0 Å². The Kier molecular flexibility index (Phi) is 7.42. The predicted octanol–water partition coefficient (Wildman–Crippen LogP) is 4.70. The summed E-state index contributed by atoms with van der Waals surface area (Å²) >= 11 is 0. The maximum absolute atomic E-state index is 15.0. The Morgan fingerprint density at radius 2 is 1.64 bits per heavy atom. The lowest BCUT2D eigenvalue weighted by Crippen LogP contribution is -2.58. The van der Waals surface area contributed by atoms with Gasteiger partial charge in [-0.3, -0.25) is 28.9 Å². The number of phenolic OH excluding ortho intramolecular Hbond substituents is 1. The van der Waals surface area contributed by atoms with Crippen LogP contribution >= 0.6 is 0 Å². The summed E-state index contributed by atoms with van der Waals surface area (Å²) in [7, 11) is 1.47. The zero-order chi connectivity index (χ0) is 33.0. The number of fused-ring (bicyclic) bond motifs is 4. The SMILES string of the molecule is COc1cc(O)ccc1C1C2=CCC3C(=O)N(CCC(=O)O)C(=O)C3C2CC2C(=O)C(c3ccccc3)=CC(=O)C21c1ccccc1. The molecule has 6 atom stereocenters. The van der Waals surface area contributed by atoms with Gasteiger partial charge in [-0.15, -0.1) is 0 Å². The van der Waals surface area contributed by atoms with Crippen LogP contribution in [-0.4, -0.2) is 58.1 Å². The normalized spacial score (nSPS) is 28.2. The fraction of sp³-hybridized carbons (Fsp3) is 0.289. The number of Topliss-reactive ketones (excluding diaryl/α,β-unsaturated/α-hetero) is 1. The average molecular weight is 632 g/mol. The monoisotopic (exact) mass is 631 g/mol. The number of amides is 2. The van der Waals surface area contributed by atoms with Crippen LogP contribution in [0.5, 0.6) is 11.5 Å². The summed E-state index contributed by atoms with van der Waals surface area (Å²) in [6.07, 6.45) is 3.38. The summed E-state index contributed by atoms with van der Waals surface area (Å²) in [5.41, 5.74) is 1.46. The second-order valence-corrected chi connectivity index (χ2v) is 12.7. The number of benzene rings is 3. The maximum Gasteiger partial charge on any atom is 0.305 e. The van der Waals surface area contributed by atoms with Crippen molar-refractivity contribution in [3.05, 3.63) is 113 Å². The van der Waals surface area contributed by atoms with Gasteiger partial charge in [-0.05, 0) is 42.0 Å². The summed E-state index contributed by atoms with van der Waals surface area (Å²) in [5.74, 6) is -5.99. The van der Waals surface area contributed by atoms with Gasteiger partial charge >= 0.3 is 5.97 Å². The van der Waals surface area contributed by atoms with E-state index < -0.39 is 52.8 Å². The lowest BCUT2D eigenvalue weighted by atomic mass is 9.44. The molecule has 1 aliphatic heterocycles. The van der Waals surface area contributed by atoms with E-state index in [0.29, 0.717) is 28.0 Å². The first-order valence-electron chi connectivity index (χ1n) is 15.7. The molecule has 0 bridgehead atoms. The molecule has 1 heterocycles. The molecule has 7 rings (SSSR count).